The van der Waals surface area contributed by atoms with Gasteiger partial charge in [0.25, 0.3) is 0 Å². The Balaban J connectivity index is 3.04. The zero-order valence-electron chi connectivity index (χ0n) is 15.5. The maximum atomic E-state index is 12.5. The number of hydrogen-bond donors (Lipinski definition) is 0. The summed E-state index contributed by atoms with van der Waals surface area (Å²) >= 11 is 0. The molecule has 0 fully saturated rings. The molecule has 0 radical (unpaired) electrons. The molecule has 0 aromatic heterocycles. The van der Waals surface area contributed by atoms with E-state index in [4.69, 9.17) is 4.74 Å². The van der Waals surface area contributed by atoms with Crippen molar-refractivity contribution in [1.82, 2.24) is 4.90 Å². The van der Waals surface area contributed by atoms with Gasteiger partial charge < -0.3 is 9.64 Å². The number of amides is 1. The van der Waals surface area contributed by atoms with Gasteiger partial charge in [-0.1, -0.05) is 43.3 Å². The number of nitrogens with zero attached hydrogens (tertiary/aromatic N) is 1. The number of ketones is 1. The molecule has 0 heterocycles. The predicted molar refractivity (Wildman–Crippen MR) is 96.9 cm³/mol. The van der Waals surface area contributed by atoms with E-state index < -0.39 is 0 Å². The number of ether oxygens (including phenoxy) is 1. The van der Waals surface area contributed by atoms with Crippen molar-refractivity contribution in [2.75, 3.05) is 13.2 Å². The highest BCUT2D eigenvalue weighted by Gasteiger charge is 2.22. The second-order valence-corrected chi connectivity index (χ2v) is 5.81. The fourth-order valence-corrected chi connectivity index (χ4v) is 2.51. The monoisotopic (exact) mass is 345 g/mol. The Labute approximate surface area is 149 Å². The molecular weight excluding hydrogens is 318 g/mol. The molecule has 0 bridgehead atoms. The van der Waals surface area contributed by atoms with Gasteiger partial charge in [-0.15, -0.1) is 0 Å². The molecule has 25 heavy (non-hydrogen) atoms. The van der Waals surface area contributed by atoms with Crippen molar-refractivity contribution >= 4 is 17.7 Å². The Morgan fingerprint density at radius 1 is 1.16 bits per heavy atom. The first kappa shape index (κ1) is 20.6. The van der Waals surface area contributed by atoms with Crippen LogP contribution in [-0.2, 0) is 19.1 Å². The van der Waals surface area contributed by atoms with Gasteiger partial charge >= 0.3 is 5.97 Å². The summed E-state index contributed by atoms with van der Waals surface area (Å²) in [6, 6.07) is 9.40. The van der Waals surface area contributed by atoms with E-state index in [1.807, 2.05) is 44.2 Å². The van der Waals surface area contributed by atoms with Crippen LogP contribution in [0.3, 0.4) is 0 Å². The minimum Gasteiger partial charge on any atom is -0.463 e. The molecule has 0 aliphatic heterocycles. The quantitative estimate of drug-likeness (QED) is 0.391. The summed E-state index contributed by atoms with van der Waals surface area (Å²) in [5, 5.41) is 0. The van der Waals surface area contributed by atoms with E-state index in [0.717, 1.165) is 5.56 Å². The molecule has 0 saturated heterocycles. The molecule has 1 amide bonds. The van der Waals surface area contributed by atoms with Crippen LogP contribution in [0.2, 0.25) is 0 Å². The first-order valence-electron chi connectivity index (χ1n) is 8.60. The summed E-state index contributed by atoms with van der Waals surface area (Å²) in [6.45, 7) is 7.50. The van der Waals surface area contributed by atoms with Crippen molar-refractivity contribution in [1.29, 1.82) is 0 Å². The fraction of sp³-hybridized carbons (Fsp3) is 0.450. The lowest BCUT2D eigenvalue weighted by molar-refractivity contribution is -0.139. The summed E-state index contributed by atoms with van der Waals surface area (Å²) in [5.41, 5.74) is 1.50. The lowest BCUT2D eigenvalue weighted by Crippen LogP contribution is -2.35. The molecule has 0 aliphatic rings. The Morgan fingerprint density at radius 2 is 1.80 bits per heavy atom. The average molecular weight is 345 g/mol. The van der Waals surface area contributed by atoms with Crippen LogP contribution in [-0.4, -0.2) is 35.7 Å². The Kier molecular flexibility index (Phi) is 8.61. The molecule has 5 nitrogen and oxygen atoms in total. The molecule has 1 atom stereocenters. The lowest BCUT2D eigenvalue weighted by Gasteiger charge is -2.29. The first-order valence-corrected chi connectivity index (χ1v) is 8.60. The smallest absolute Gasteiger partial charge is 0.333 e. The third-order valence-corrected chi connectivity index (χ3v) is 3.92. The summed E-state index contributed by atoms with van der Waals surface area (Å²) in [5.74, 6) is -0.795. The zero-order chi connectivity index (χ0) is 18.8. The number of carbonyl (C=O) groups excluding carboxylic acids is 3. The van der Waals surface area contributed by atoms with Crippen LogP contribution in [0.1, 0.15) is 52.1 Å². The second kappa shape index (κ2) is 10.4. The van der Waals surface area contributed by atoms with Gasteiger partial charge in [-0.2, -0.15) is 0 Å². The van der Waals surface area contributed by atoms with Crippen LogP contribution in [0.4, 0.5) is 0 Å². The highest BCUT2D eigenvalue weighted by Crippen LogP contribution is 2.21. The Bertz CT molecular complexity index is 622. The molecule has 5 heteroatoms. The van der Waals surface area contributed by atoms with E-state index >= 15 is 0 Å². The van der Waals surface area contributed by atoms with Gasteiger partial charge in [0.1, 0.15) is 5.78 Å². The summed E-state index contributed by atoms with van der Waals surface area (Å²) in [7, 11) is 0. The van der Waals surface area contributed by atoms with Crippen LogP contribution in [0.5, 0.6) is 0 Å². The molecule has 0 spiro atoms. The van der Waals surface area contributed by atoms with Crippen LogP contribution in [0.25, 0.3) is 0 Å². The maximum absolute atomic E-state index is 12.5. The molecule has 1 aromatic carbocycles. The predicted octanol–water partition coefficient (Wildman–Crippen LogP) is 3.45. The van der Waals surface area contributed by atoms with Crippen LogP contribution in [0, 0.1) is 0 Å². The van der Waals surface area contributed by atoms with Crippen molar-refractivity contribution in [2.24, 2.45) is 0 Å². The summed E-state index contributed by atoms with van der Waals surface area (Å²) in [6.07, 6.45) is 2.09. The highest BCUT2D eigenvalue weighted by atomic mass is 16.5. The van der Waals surface area contributed by atoms with Gasteiger partial charge in [-0.3, -0.25) is 9.59 Å². The number of benzene rings is 1. The van der Waals surface area contributed by atoms with Crippen molar-refractivity contribution in [3.05, 3.63) is 47.5 Å². The van der Waals surface area contributed by atoms with E-state index in [0.29, 0.717) is 18.6 Å². The van der Waals surface area contributed by atoms with Crippen LogP contribution < -0.4 is 0 Å². The molecular formula is C20H27NO4. The van der Waals surface area contributed by atoms with Gasteiger partial charge in [-0.05, 0) is 32.8 Å². The van der Waals surface area contributed by atoms with Crippen molar-refractivity contribution < 1.29 is 19.1 Å². The summed E-state index contributed by atoms with van der Waals surface area (Å²) < 4.78 is 5.03. The van der Waals surface area contributed by atoms with Crippen molar-refractivity contribution in [3.8, 4) is 0 Å². The largest absolute Gasteiger partial charge is 0.463 e. The van der Waals surface area contributed by atoms with Gasteiger partial charge in [-0.25, -0.2) is 4.79 Å². The highest BCUT2D eigenvalue weighted by molar-refractivity contribution is 5.97. The van der Waals surface area contributed by atoms with Crippen molar-refractivity contribution in [3.63, 3.8) is 0 Å². The van der Waals surface area contributed by atoms with Gasteiger partial charge in [0, 0.05) is 12.1 Å². The minimum absolute atomic E-state index is 0.147. The van der Waals surface area contributed by atoms with E-state index in [1.54, 1.807) is 17.9 Å². The Hall–Kier alpha value is -2.43. The summed E-state index contributed by atoms with van der Waals surface area (Å²) in [4.78, 5) is 37.4. The first-order chi connectivity index (χ1) is 11.9. The molecule has 0 unspecified atom stereocenters. The molecule has 136 valence electrons. The van der Waals surface area contributed by atoms with E-state index in [1.165, 1.54) is 6.92 Å². The third kappa shape index (κ3) is 6.53. The van der Waals surface area contributed by atoms with E-state index in [2.05, 4.69) is 0 Å². The molecule has 0 saturated carbocycles. The topological polar surface area (TPSA) is 63.7 Å². The van der Waals surface area contributed by atoms with Crippen LogP contribution in [0.15, 0.2) is 42.0 Å². The lowest BCUT2D eigenvalue weighted by atomic mass is 10.1. The van der Waals surface area contributed by atoms with Gasteiger partial charge in [0.2, 0.25) is 5.91 Å². The average Bonchev–Trinajstić information content (AvgIpc) is 2.58. The van der Waals surface area contributed by atoms with Crippen LogP contribution >= 0.6 is 0 Å². The standard InChI is InChI=1S/C20H27NO4/c1-5-17(20(24)25-6-2)12-13-21(19(23)14-15(3)22)16(4)18-10-8-7-9-11-18/h7-12,16H,5-6,13-14H2,1-4H3/b17-12+/t16-/m0/s1. The molecule has 1 rings (SSSR count). The maximum Gasteiger partial charge on any atom is 0.333 e. The molecule has 0 N–H and O–H groups in total. The normalized spacial score (nSPS) is 12.4. The second-order valence-electron chi connectivity index (χ2n) is 5.81. The molecule has 0 aliphatic carbocycles. The SMILES string of the molecule is CCOC(=O)/C(=C/CN(C(=O)CC(C)=O)[C@@H](C)c1ccccc1)CC. The van der Waals surface area contributed by atoms with Gasteiger partial charge in [0.05, 0.1) is 19.1 Å². The molecule has 1 aromatic rings. The Morgan fingerprint density at radius 3 is 2.32 bits per heavy atom. The fourth-order valence-electron chi connectivity index (χ4n) is 2.51. The zero-order valence-corrected chi connectivity index (χ0v) is 15.5. The van der Waals surface area contributed by atoms with Gasteiger partial charge in [0.15, 0.2) is 0 Å². The van der Waals surface area contributed by atoms with E-state index in [9.17, 15) is 14.4 Å². The number of Topliss-reactive ketones (excluding diaryl/α,β-unsaturated/α-hetero) is 1. The number of rotatable bonds is 9. The third-order valence-electron chi connectivity index (χ3n) is 3.92. The minimum atomic E-state index is -0.365. The number of hydrogen-bond acceptors (Lipinski definition) is 4. The number of carbonyl (C=O) groups is 3. The van der Waals surface area contributed by atoms with Crippen molar-refractivity contribution in [2.45, 2.75) is 46.6 Å². The number of esters is 1. The van der Waals surface area contributed by atoms with E-state index in [-0.39, 0.29) is 36.7 Å².